The molecule has 0 aromatic heterocycles. The third-order valence-corrected chi connectivity index (χ3v) is 4.52. The van der Waals surface area contributed by atoms with Gasteiger partial charge in [0.15, 0.2) is 0 Å². The van der Waals surface area contributed by atoms with Crippen LogP contribution in [-0.2, 0) is 11.3 Å². The summed E-state index contributed by atoms with van der Waals surface area (Å²) < 4.78 is 5.22. The number of ether oxygens (including phenoxy) is 1. The molecule has 0 radical (unpaired) electrons. The highest BCUT2D eigenvalue weighted by atomic mass is 16.5. The Morgan fingerprint density at radius 1 is 1.32 bits per heavy atom. The van der Waals surface area contributed by atoms with Gasteiger partial charge in [0.25, 0.3) is 0 Å². The molecule has 22 heavy (non-hydrogen) atoms. The van der Waals surface area contributed by atoms with Gasteiger partial charge in [-0.25, -0.2) is 4.79 Å². The van der Waals surface area contributed by atoms with Gasteiger partial charge in [-0.05, 0) is 24.9 Å². The van der Waals surface area contributed by atoms with Gasteiger partial charge in [-0.15, -0.1) is 0 Å². The summed E-state index contributed by atoms with van der Waals surface area (Å²) in [6.45, 7) is 5.49. The van der Waals surface area contributed by atoms with E-state index in [9.17, 15) is 4.79 Å². The summed E-state index contributed by atoms with van der Waals surface area (Å²) in [6.07, 6.45) is 2.25. The first kappa shape index (κ1) is 15.3. The normalized spacial score (nSPS) is 22.8. The molecule has 2 heterocycles. The number of rotatable bonds is 5. The fourth-order valence-corrected chi connectivity index (χ4v) is 3.18. The van der Waals surface area contributed by atoms with Crippen LogP contribution in [0.15, 0.2) is 30.3 Å². The monoisotopic (exact) mass is 303 g/mol. The predicted molar refractivity (Wildman–Crippen MR) is 85.6 cm³/mol. The van der Waals surface area contributed by atoms with Gasteiger partial charge in [0.1, 0.15) is 6.61 Å². The van der Waals surface area contributed by atoms with E-state index in [1.165, 1.54) is 12.8 Å². The van der Waals surface area contributed by atoms with Crippen LogP contribution >= 0.6 is 0 Å². The lowest BCUT2D eigenvalue weighted by molar-refractivity contribution is 0.0402. The summed E-state index contributed by atoms with van der Waals surface area (Å²) in [6, 6.07) is 10.4. The second kappa shape index (κ2) is 7.61. The van der Waals surface area contributed by atoms with E-state index in [4.69, 9.17) is 4.74 Å². The maximum absolute atomic E-state index is 11.7. The van der Waals surface area contributed by atoms with Crippen molar-refractivity contribution in [2.75, 3.05) is 32.7 Å². The van der Waals surface area contributed by atoms with E-state index in [2.05, 4.69) is 15.5 Å². The molecule has 2 N–H and O–H groups in total. The van der Waals surface area contributed by atoms with Crippen LogP contribution in [0.1, 0.15) is 18.4 Å². The predicted octanol–water partition coefficient (Wildman–Crippen LogP) is 1.60. The van der Waals surface area contributed by atoms with E-state index in [1.54, 1.807) is 0 Å². The zero-order valence-corrected chi connectivity index (χ0v) is 13.0. The summed E-state index contributed by atoms with van der Waals surface area (Å²) in [4.78, 5) is 14.2. The van der Waals surface area contributed by atoms with Crippen LogP contribution in [0.4, 0.5) is 4.79 Å². The topological polar surface area (TPSA) is 53.6 Å². The second-order valence-electron chi connectivity index (χ2n) is 6.26. The number of benzene rings is 1. The van der Waals surface area contributed by atoms with Gasteiger partial charge in [-0.2, -0.15) is 0 Å². The summed E-state index contributed by atoms with van der Waals surface area (Å²) >= 11 is 0. The molecule has 0 saturated carbocycles. The van der Waals surface area contributed by atoms with Gasteiger partial charge in [0, 0.05) is 38.1 Å². The van der Waals surface area contributed by atoms with E-state index >= 15 is 0 Å². The zero-order chi connectivity index (χ0) is 15.2. The summed E-state index contributed by atoms with van der Waals surface area (Å²) in [7, 11) is 0. The van der Waals surface area contributed by atoms with Crippen LogP contribution in [0.2, 0.25) is 0 Å². The van der Waals surface area contributed by atoms with Crippen LogP contribution in [0.25, 0.3) is 0 Å². The summed E-state index contributed by atoms with van der Waals surface area (Å²) in [5, 5.41) is 6.32. The minimum Gasteiger partial charge on any atom is -0.445 e. The molecule has 120 valence electrons. The number of likely N-dealkylation sites (tertiary alicyclic amines) is 1. The van der Waals surface area contributed by atoms with Crippen LogP contribution in [0, 0.1) is 5.92 Å². The van der Waals surface area contributed by atoms with Crippen LogP contribution < -0.4 is 10.6 Å². The Morgan fingerprint density at radius 3 is 2.86 bits per heavy atom. The first-order valence-corrected chi connectivity index (χ1v) is 8.20. The van der Waals surface area contributed by atoms with E-state index in [-0.39, 0.29) is 6.09 Å². The quantitative estimate of drug-likeness (QED) is 0.867. The molecular weight excluding hydrogens is 278 g/mol. The molecule has 5 nitrogen and oxygen atoms in total. The van der Waals surface area contributed by atoms with Crippen molar-refractivity contribution in [1.29, 1.82) is 0 Å². The lowest BCUT2D eigenvalue weighted by Gasteiger charge is -2.45. The van der Waals surface area contributed by atoms with Crippen molar-refractivity contribution in [3.8, 4) is 0 Å². The Labute approximate surface area is 132 Å². The SMILES string of the molecule is O=C(NCC1CN([C@@H]2CCCNC2)C1)OCc1ccccc1. The van der Waals surface area contributed by atoms with Gasteiger partial charge in [0.2, 0.25) is 0 Å². The van der Waals surface area contributed by atoms with E-state index in [0.717, 1.165) is 31.7 Å². The van der Waals surface area contributed by atoms with Gasteiger partial charge < -0.3 is 15.4 Å². The van der Waals surface area contributed by atoms with E-state index in [0.29, 0.717) is 25.1 Å². The summed E-state index contributed by atoms with van der Waals surface area (Å²) in [5.74, 6) is 0.561. The van der Waals surface area contributed by atoms with Gasteiger partial charge in [-0.3, -0.25) is 4.90 Å². The Bertz CT molecular complexity index is 468. The number of nitrogens with zero attached hydrogens (tertiary/aromatic N) is 1. The average Bonchev–Trinajstić information content (AvgIpc) is 2.53. The van der Waals surface area contributed by atoms with E-state index < -0.39 is 0 Å². The van der Waals surface area contributed by atoms with Crippen molar-refractivity contribution in [2.45, 2.75) is 25.5 Å². The number of carbonyl (C=O) groups excluding carboxylic acids is 1. The van der Waals surface area contributed by atoms with Crippen LogP contribution in [0.5, 0.6) is 0 Å². The van der Waals surface area contributed by atoms with Gasteiger partial charge in [0.05, 0.1) is 0 Å². The maximum Gasteiger partial charge on any atom is 0.407 e. The van der Waals surface area contributed by atoms with Crippen molar-refractivity contribution in [3.05, 3.63) is 35.9 Å². The highest BCUT2D eigenvalue weighted by Gasteiger charge is 2.32. The molecule has 5 heteroatoms. The lowest BCUT2D eigenvalue weighted by Crippen LogP contribution is -2.58. The number of amides is 1. The molecule has 0 spiro atoms. The molecule has 3 rings (SSSR count). The molecule has 2 aliphatic heterocycles. The van der Waals surface area contributed by atoms with Gasteiger partial charge in [-0.1, -0.05) is 30.3 Å². The molecule has 0 aliphatic carbocycles. The Balaban J connectivity index is 1.28. The Hall–Kier alpha value is -1.59. The van der Waals surface area contributed by atoms with Gasteiger partial charge >= 0.3 is 6.09 Å². The standard InChI is InChI=1S/C17H25N3O2/c21-17(22-13-14-5-2-1-3-6-14)19-9-15-11-20(12-15)16-7-4-8-18-10-16/h1-3,5-6,15-16,18H,4,7-13H2,(H,19,21)/t16-/m1/s1. The zero-order valence-electron chi connectivity index (χ0n) is 13.0. The average molecular weight is 303 g/mol. The Morgan fingerprint density at radius 2 is 2.14 bits per heavy atom. The highest BCUT2D eigenvalue weighted by molar-refractivity contribution is 5.67. The number of hydrogen-bond donors (Lipinski definition) is 2. The third-order valence-electron chi connectivity index (χ3n) is 4.52. The van der Waals surface area contributed by atoms with E-state index in [1.807, 2.05) is 30.3 Å². The summed E-state index contributed by atoms with van der Waals surface area (Å²) in [5.41, 5.74) is 1.01. The fraction of sp³-hybridized carbons (Fsp3) is 0.588. The number of carbonyl (C=O) groups is 1. The number of alkyl carbamates (subject to hydrolysis) is 1. The molecular formula is C17H25N3O2. The Kier molecular flexibility index (Phi) is 5.29. The molecule has 2 saturated heterocycles. The molecule has 1 amide bonds. The first-order chi connectivity index (χ1) is 10.8. The largest absolute Gasteiger partial charge is 0.445 e. The third kappa shape index (κ3) is 4.21. The van der Waals surface area contributed by atoms with Crippen LogP contribution in [-0.4, -0.2) is 49.8 Å². The fourth-order valence-electron chi connectivity index (χ4n) is 3.18. The molecule has 1 aromatic rings. The first-order valence-electron chi connectivity index (χ1n) is 8.20. The number of nitrogens with one attached hydrogen (secondary N) is 2. The molecule has 1 atom stereocenters. The molecule has 1 aromatic carbocycles. The highest BCUT2D eigenvalue weighted by Crippen LogP contribution is 2.21. The molecule has 2 fully saturated rings. The smallest absolute Gasteiger partial charge is 0.407 e. The molecule has 2 aliphatic rings. The maximum atomic E-state index is 11.7. The van der Waals surface area contributed by atoms with Crippen molar-refractivity contribution >= 4 is 6.09 Å². The molecule has 0 bridgehead atoms. The van der Waals surface area contributed by atoms with Crippen molar-refractivity contribution in [3.63, 3.8) is 0 Å². The minimum atomic E-state index is -0.318. The van der Waals surface area contributed by atoms with Crippen molar-refractivity contribution < 1.29 is 9.53 Å². The van der Waals surface area contributed by atoms with Crippen molar-refractivity contribution in [1.82, 2.24) is 15.5 Å². The number of piperidine rings is 1. The minimum absolute atomic E-state index is 0.318. The van der Waals surface area contributed by atoms with Crippen molar-refractivity contribution in [2.24, 2.45) is 5.92 Å². The molecule has 0 unspecified atom stereocenters. The van der Waals surface area contributed by atoms with Crippen LogP contribution in [0.3, 0.4) is 0 Å². The lowest BCUT2D eigenvalue weighted by atomic mass is 9.94. The number of hydrogen-bond acceptors (Lipinski definition) is 4. The second-order valence-corrected chi connectivity index (χ2v) is 6.26.